The fraction of sp³-hybridized carbons (Fsp3) is 0.450. The molecule has 0 radical (unpaired) electrons. The van der Waals surface area contributed by atoms with Crippen molar-refractivity contribution in [3.05, 3.63) is 35.5 Å². The maximum absolute atomic E-state index is 12.8. The van der Waals surface area contributed by atoms with E-state index in [1.807, 2.05) is 13.8 Å². The SMILES string of the molecule is CCOC[C@@H]1COc2c(ccnc2OCC)-c2nnc(NS(=O)(=O)CCc3ncc(Cl)cn3)n21. The first kappa shape index (κ1) is 24.1. The summed E-state index contributed by atoms with van der Waals surface area (Å²) in [4.78, 5) is 12.3. The Bertz CT molecular complexity index is 1240. The maximum atomic E-state index is 12.8. The van der Waals surface area contributed by atoms with E-state index in [2.05, 4.69) is 29.9 Å². The number of nitrogens with one attached hydrogen (secondary N) is 1. The zero-order chi connectivity index (χ0) is 24.1. The van der Waals surface area contributed by atoms with Crippen molar-refractivity contribution in [1.82, 2.24) is 29.7 Å². The zero-order valence-corrected chi connectivity index (χ0v) is 20.2. The highest BCUT2D eigenvalue weighted by Crippen LogP contribution is 2.40. The van der Waals surface area contributed by atoms with Crippen molar-refractivity contribution in [1.29, 1.82) is 0 Å². The van der Waals surface area contributed by atoms with Gasteiger partial charge in [-0.2, -0.15) is 0 Å². The molecular weight excluding hydrogens is 486 g/mol. The predicted octanol–water partition coefficient (Wildman–Crippen LogP) is 2.14. The average Bonchev–Trinajstić information content (AvgIpc) is 3.14. The third-order valence-electron chi connectivity index (χ3n) is 4.90. The number of anilines is 1. The minimum Gasteiger partial charge on any atom is -0.485 e. The van der Waals surface area contributed by atoms with Crippen molar-refractivity contribution in [2.24, 2.45) is 0 Å². The number of hydrogen-bond acceptors (Lipinski definition) is 10. The zero-order valence-electron chi connectivity index (χ0n) is 18.6. The van der Waals surface area contributed by atoms with E-state index in [9.17, 15) is 8.42 Å². The molecule has 1 aliphatic rings. The van der Waals surface area contributed by atoms with Gasteiger partial charge in [0, 0.05) is 31.6 Å². The van der Waals surface area contributed by atoms with Gasteiger partial charge < -0.3 is 14.2 Å². The molecule has 12 nitrogen and oxygen atoms in total. The highest BCUT2D eigenvalue weighted by atomic mass is 35.5. The number of pyridine rings is 1. The Labute approximate surface area is 201 Å². The third-order valence-corrected chi connectivity index (χ3v) is 6.33. The number of sulfonamides is 1. The topological polar surface area (TPSA) is 143 Å². The van der Waals surface area contributed by atoms with Crippen molar-refractivity contribution in [3.63, 3.8) is 0 Å². The Morgan fingerprint density at radius 2 is 2.00 bits per heavy atom. The molecule has 1 N–H and O–H groups in total. The van der Waals surface area contributed by atoms with Crippen LogP contribution in [0, 0.1) is 0 Å². The smallest absolute Gasteiger partial charge is 0.257 e. The second-order valence-electron chi connectivity index (χ2n) is 7.26. The van der Waals surface area contributed by atoms with E-state index in [1.54, 1.807) is 16.8 Å². The summed E-state index contributed by atoms with van der Waals surface area (Å²) in [7, 11) is -3.80. The van der Waals surface area contributed by atoms with Gasteiger partial charge in [-0.25, -0.2) is 23.4 Å². The molecule has 0 aliphatic carbocycles. The molecule has 0 aromatic carbocycles. The number of nitrogens with zero attached hydrogens (tertiary/aromatic N) is 6. The number of fused-ring (bicyclic) bond motifs is 3. The fourth-order valence-corrected chi connectivity index (χ4v) is 4.46. The molecule has 0 bridgehead atoms. The molecule has 0 saturated heterocycles. The first-order valence-corrected chi connectivity index (χ1v) is 12.7. The van der Waals surface area contributed by atoms with E-state index < -0.39 is 16.1 Å². The van der Waals surface area contributed by atoms with Gasteiger partial charge in [0.15, 0.2) is 11.6 Å². The van der Waals surface area contributed by atoms with Gasteiger partial charge in [-0.05, 0) is 19.9 Å². The molecular formula is C20H24ClN7O5S. The monoisotopic (exact) mass is 509 g/mol. The van der Waals surface area contributed by atoms with Crippen LogP contribution in [0.3, 0.4) is 0 Å². The van der Waals surface area contributed by atoms with Gasteiger partial charge in [-0.1, -0.05) is 11.6 Å². The second kappa shape index (κ2) is 10.5. The minimum absolute atomic E-state index is 0.0583. The minimum atomic E-state index is -3.80. The van der Waals surface area contributed by atoms with Crippen molar-refractivity contribution < 1.29 is 22.6 Å². The quantitative estimate of drug-likeness (QED) is 0.431. The van der Waals surface area contributed by atoms with Crippen LogP contribution in [0.25, 0.3) is 11.4 Å². The molecule has 182 valence electrons. The third kappa shape index (κ3) is 5.37. The van der Waals surface area contributed by atoms with E-state index in [0.717, 1.165) is 0 Å². The molecule has 14 heteroatoms. The summed E-state index contributed by atoms with van der Waals surface area (Å²) in [5.74, 6) is 1.34. The van der Waals surface area contributed by atoms with Crippen molar-refractivity contribution >= 4 is 27.6 Å². The Hall–Kier alpha value is -3.03. The number of aryl methyl sites for hydroxylation is 1. The largest absolute Gasteiger partial charge is 0.485 e. The molecule has 3 aromatic rings. The molecule has 0 saturated carbocycles. The van der Waals surface area contributed by atoms with Gasteiger partial charge >= 0.3 is 0 Å². The van der Waals surface area contributed by atoms with E-state index in [0.29, 0.717) is 47.1 Å². The van der Waals surface area contributed by atoms with Crippen LogP contribution in [-0.4, -0.2) is 70.3 Å². The van der Waals surface area contributed by atoms with E-state index in [4.69, 9.17) is 25.8 Å². The van der Waals surface area contributed by atoms with Crippen molar-refractivity contribution in [2.45, 2.75) is 26.3 Å². The molecule has 4 rings (SSSR count). The van der Waals surface area contributed by atoms with Crippen LogP contribution in [-0.2, 0) is 21.2 Å². The number of hydrogen-bond donors (Lipinski definition) is 1. The first-order chi connectivity index (χ1) is 16.4. The Morgan fingerprint density at radius 1 is 1.21 bits per heavy atom. The Morgan fingerprint density at radius 3 is 2.74 bits per heavy atom. The van der Waals surface area contributed by atoms with Crippen LogP contribution in [0.15, 0.2) is 24.7 Å². The maximum Gasteiger partial charge on any atom is 0.257 e. The second-order valence-corrected chi connectivity index (χ2v) is 9.53. The standard InChI is InChI=1S/C20H24ClN7O5S/c1-3-31-11-14-12-33-17-15(5-7-22-19(17)32-4-2)18-25-26-20(28(14)18)27-34(29,30)8-6-16-23-9-13(21)10-24-16/h5,7,9-10,14H,3-4,6,8,11-12H2,1-2H3,(H,26,27)/t14-/m1/s1. The summed E-state index contributed by atoms with van der Waals surface area (Å²) in [6.07, 6.45) is 4.52. The van der Waals surface area contributed by atoms with Gasteiger partial charge in [0.25, 0.3) is 5.88 Å². The van der Waals surface area contributed by atoms with Crippen LogP contribution in [0.4, 0.5) is 5.95 Å². The fourth-order valence-electron chi connectivity index (χ4n) is 3.39. The highest BCUT2D eigenvalue weighted by Gasteiger charge is 2.31. The van der Waals surface area contributed by atoms with Crippen molar-refractivity contribution in [2.75, 3.05) is 36.9 Å². The molecule has 0 amide bonds. The lowest BCUT2D eigenvalue weighted by Crippen LogP contribution is -2.26. The summed E-state index contributed by atoms with van der Waals surface area (Å²) in [5, 5.41) is 8.76. The molecule has 3 aromatic heterocycles. The van der Waals surface area contributed by atoms with E-state index >= 15 is 0 Å². The van der Waals surface area contributed by atoms with Crippen LogP contribution in [0.1, 0.15) is 25.7 Å². The lowest BCUT2D eigenvalue weighted by atomic mass is 10.2. The van der Waals surface area contributed by atoms with Gasteiger partial charge in [0.1, 0.15) is 12.4 Å². The first-order valence-electron chi connectivity index (χ1n) is 10.7. The summed E-state index contributed by atoms with van der Waals surface area (Å²) >= 11 is 5.78. The predicted molar refractivity (Wildman–Crippen MR) is 124 cm³/mol. The summed E-state index contributed by atoms with van der Waals surface area (Å²) in [6.45, 7) is 5.05. The van der Waals surface area contributed by atoms with E-state index in [-0.39, 0.29) is 31.3 Å². The lowest BCUT2D eigenvalue weighted by molar-refractivity contribution is 0.0928. The van der Waals surface area contributed by atoms with Crippen LogP contribution in [0.5, 0.6) is 11.6 Å². The molecule has 1 atom stereocenters. The molecule has 0 spiro atoms. The molecule has 0 fully saturated rings. The van der Waals surface area contributed by atoms with Crippen LogP contribution >= 0.6 is 11.6 Å². The van der Waals surface area contributed by atoms with E-state index in [1.165, 1.54) is 12.4 Å². The van der Waals surface area contributed by atoms with Crippen LogP contribution in [0.2, 0.25) is 5.02 Å². The Balaban J connectivity index is 1.64. The Kier molecular flexibility index (Phi) is 7.44. The highest BCUT2D eigenvalue weighted by molar-refractivity contribution is 7.92. The van der Waals surface area contributed by atoms with Gasteiger partial charge in [0.2, 0.25) is 16.0 Å². The number of ether oxygens (including phenoxy) is 3. The number of halogens is 1. The lowest BCUT2D eigenvalue weighted by Gasteiger charge is -2.19. The van der Waals surface area contributed by atoms with Gasteiger partial charge in [0.05, 0.1) is 35.6 Å². The molecule has 4 heterocycles. The number of rotatable bonds is 10. The van der Waals surface area contributed by atoms with Gasteiger partial charge in [-0.3, -0.25) is 9.29 Å². The van der Waals surface area contributed by atoms with Crippen LogP contribution < -0.4 is 14.2 Å². The van der Waals surface area contributed by atoms with Crippen molar-refractivity contribution in [3.8, 4) is 23.0 Å². The molecule has 1 aliphatic heterocycles. The number of aromatic nitrogens is 6. The average molecular weight is 510 g/mol. The normalized spacial score (nSPS) is 15.1. The summed E-state index contributed by atoms with van der Waals surface area (Å²) < 4.78 is 47.2. The molecule has 0 unspecified atom stereocenters. The summed E-state index contributed by atoms with van der Waals surface area (Å²) in [5.41, 5.74) is 0.588. The van der Waals surface area contributed by atoms with Gasteiger partial charge in [-0.15, -0.1) is 10.2 Å². The summed E-state index contributed by atoms with van der Waals surface area (Å²) in [6, 6.07) is 1.32. The molecule has 34 heavy (non-hydrogen) atoms.